The molecule has 5 heteroatoms. The van der Waals surface area contributed by atoms with Crippen molar-refractivity contribution in [2.24, 2.45) is 0 Å². The zero-order valence-electron chi connectivity index (χ0n) is 9.18. The fourth-order valence-electron chi connectivity index (χ4n) is 1.96. The predicted molar refractivity (Wildman–Crippen MR) is 78.9 cm³/mol. The highest BCUT2D eigenvalue weighted by Gasteiger charge is 2.19. The maximum atomic E-state index is 12.2. The third-order valence-electron chi connectivity index (χ3n) is 2.87. The smallest absolute Gasteiger partial charge is 0.253 e. The van der Waals surface area contributed by atoms with Gasteiger partial charge in [0.25, 0.3) is 5.91 Å². The minimum atomic E-state index is 0.0323. The topological polar surface area (TPSA) is 20.3 Å². The lowest BCUT2D eigenvalue weighted by molar-refractivity contribution is 0.0724. The highest BCUT2D eigenvalue weighted by Crippen LogP contribution is 2.28. The second kappa shape index (κ2) is 5.76. The van der Waals surface area contributed by atoms with Crippen LogP contribution in [0.4, 0.5) is 0 Å². The molecule has 0 aromatic heterocycles. The van der Waals surface area contributed by atoms with Gasteiger partial charge in [-0.05, 0) is 54.0 Å². The van der Waals surface area contributed by atoms with E-state index < -0.39 is 0 Å². The fourth-order valence-corrected chi connectivity index (χ4v) is 2.76. The largest absolute Gasteiger partial charge is 0.339 e. The van der Waals surface area contributed by atoms with E-state index in [-0.39, 0.29) is 5.91 Å². The molecule has 2 rings (SSSR count). The minimum absolute atomic E-state index is 0.0323. The Kier molecular flexibility index (Phi) is 4.55. The average Bonchev–Trinajstić information content (AvgIpc) is 2.35. The number of amides is 1. The summed E-state index contributed by atoms with van der Waals surface area (Å²) in [7, 11) is 0. The Hall–Kier alpha value is -0.000000000000000111. The van der Waals surface area contributed by atoms with Crippen LogP contribution in [0.15, 0.2) is 12.1 Å². The molecule has 0 saturated carbocycles. The van der Waals surface area contributed by atoms with Gasteiger partial charge in [-0.25, -0.2) is 0 Å². The number of hydrogen-bond donors (Lipinski definition) is 0. The summed E-state index contributed by atoms with van der Waals surface area (Å²) >= 11 is 14.2. The summed E-state index contributed by atoms with van der Waals surface area (Å²) in [6, 6.07) is 3.40. The van der Waals surface area contributed by atoms with Crippen LogP contribution in [-0.4, -0.2) is 23.9 Å². The summed E-state index contributed by atoms with van der Waals surface area (Å²) in [5.74, 6) is 0.0323. The highest BCUT2D eigenvalue weighted by atomic mass is 127. The van der Waals surface area contributed by atoms with Gasteiger partial charge >= 0.3 is 0 Å². The molecule has 1 fully saturated rings. The summed E-state index contributed by atoms with van der Waals surface area (Å²) in [4.78, 5) is 14.1. The second-order valence-electron chi connectivity index (χ2n) is 4.11. The van der Waals surface area contributed by atoms with Crippen LogP contribution in [0, 0.1) is 3.57 Å². The molecule has 1 aliphatic rings. The molecular weight excluding hydrogens is 372 g/mol. The molecule has 1 aromatic rings. The van der Waals surface area contributed by atoms with Gasteiger partial charge in [-0.15, -0.1) is 0 Å². The van der Waals surface area contributed by atoms with Crippen molar-refractivity contribution in [2.45, 2.75) is 19.3 Å². The molecule has 2 nitrogen and oxygen atoms in total. The van der Waals surface area contributed by atoms with E-state index in [2.05, 4.69) is 22.6 Å². The first-order valence-electron chi connectivity index (χ1n) is 5.53. The van der Waals surface area contributed by atoms with Gasteiger partial charge in [0, 0.05) is 18.7 Å². The number of likely N-dealkylation sites (tertiary alicyclic amines) is 1. The lowest BCUT2D eigenvalue weighted by atomic mass is 10.1. The Labute approximate surface area is 124 Å². The molecule has 1 aliphatic heterocycles. The van der Waals surface area contributed by atoms with E-state index in [1.807, 2.05) is 4.90 Å². The first-order chi connectivity index (χ1) is 8.09. The number of nitrogens with zero attached hydrogens (tertiary/aromatic N) is 1. The Morgan fingerprint density at radius 2 is 1.65 bits per heavy atom. The number of carbonyl (C=O) groups excluding carboxylic acids is 1. The van der Waals surface area contributed by atoms with Crippen LogP contribution < -0.4 is 0 Å². The molecule has 1 saturated heterocycles. The summed E-state index contributed by atoms with van der Waals surface area (Å²) < 4.78 is 0.793. The summed E-state index contributed by atoms with van der Waals surface area (Å²) in [5.41, 5.74) is 0.585. The molecule has 92 valence electrons. The van der Waals surface area contributed by atoms with Crippen molar-refractivity contribution in [2.75, 3.05) is 13.1 Å². The van der Waals surface area contributed by atoms with Crippen LogP contribution in [0.1, 0.15) is 29.6 Å². The maximum absolute atomic E-state index is 12.2. The van der Waals surface area contributed by atoms with Crippen LogP contribution in [0.5, 0.6) is 0 Å². The van der Waals surface area contributed by atoms with E-state index in [0.29, 0.717) is 15.6 Å². The zero-order chi connectivity index (χ0) is 12.4. The Balaban J connectivity index is 2.24. The molecule has 0 bridgehead atoms. The van der Waals surface area contributed by atoms with E-state index in [0.717, 1.165) is 29.5 Å². The van der Waals surface area contributed by atoms with Gasteiger partial charge in [0.2, 0.25) is 0 Å². The van der Waals surface area contributed by atoms with E-state index in [4.69, 9.17) is 23.2 Å². The highest BCUT2D eigenvalue weighted by molar-refractivity contribution is 14.1. The number of rotatable bonds is 1. The Morgan fingerprint density at radius 1 is 1.12 bits per heavy atom. The molecule has 0 aliphatic carbocycles. The van der Waals surface area contributed by atoms with Crippen molar-refractivity contribution < 1.29 is 4.79 Å². The SMILES string of the molecule is O=C(c1cc(Cl)c(I)c(Cl)c1)N1CCCCC1. The quantitative estimate of drug-likeness (QED) is 0.525. The van der Waals surface area contributed by atoms with Gasteiger partial charge in [0.05, 0.1) is 13.6 Å². The predicted octanol–water partition coefficient (Wildman–Crippen LogP) is 4.22. The standard InChI is InChI=1S/C12H12Cl2INO/c13-9-6-8(7-10(14)11(9)15)12(17)16-4-2-1-3-5-16/h6-7H,1-5H2. The summed E-state index contributed by atoms with van der Waals surface area (Å²) in [6.45, 7) is 1.67. The molecule has 0 unspecified atom stereocenters. The minimum Gasteiger partial charge on any atom is -0.339 e. The van der Waals surface area contributed by atoms with E-state index in [1.54, 1.807) is 12.1 Å². The molecule has 0 spiro atoms. The van der Waals surface area contributed by atoms with Gasteiger partial charge < -0.3 is 4.90 Å². The molecular formula is C12H12Cl2INO. The van der Waals surface area contributed by atoms with E-state index in [9.17, 15) is 4.79 Å². The first kappa shape index (κ1) is 13.4. The number of piperidine rings is 1. The molecule has 0 radical (unpaired) electrons. The molecule has 0 atom stereocenters. The van der Waals surface area contributed by atoms with E-state index >= 15 is 0 Å². The molecule has 0 N–H and O–H groups in total. The van der Waals surface area contributed by atoms with Crippen molar-refractivity contribution in [3.8, 4) is 0 Å². The zero-order valence-corrected chi connectivity index (χ0v) is 12.8. The van der Waals surface area contributed by atoms with Gasteiger partial charge in [-0.3, -0.25) is 4.79 Å². The van der Waals surface area contributed by atoms with Crippen molar-refractivity contribution in [3.05, 3.63) is 31.3 Å². The molecule has 1 heterocycles. The van der Waals surface area contributed by atoms with Crippen LogP contribution in [-0.2, 0) is 0 Å². The van der Waals surface area contributed by atoms with Gasteiger partial charge in [0.1, 0.15) is 0 Å². The van der Waals surface area contributed by atoms with E-state index in [1.165, 1.54) is 6.42 Å². The second-order valence-corrected chi connectivity index (χ2v) is 6.00. The lowest BCUT2D eigenvalue weighted by Crippen LogP contribution is -2.35. The van der Waals surface area contributed by atoms with Crippen LogP contribution >= 0.6 is 45.8 Å². The lowest BCUT2D eigenvalue weighted by Gasteiger charge is -2.26. The van der Waals surface area contributed by atoms with Crippen molar-refractivity contribution in [1.29, 1.82) is 0 Å². The maximum Gasteiger partial charge on any atom is 0.253 e. The van der Waals surface area contributed by atoms with Gasteiger partial charge in [0.15, 0.2) is 0 Å². The molecule has 1 aromatic carbocycles. The van der Waals surface area contributed by atoms with Crippen LogP contribution in [0.25, 0.3) is 0 Å². The first-order valence-corrected chi connectivity index (χ1v) is 7.37. The molecule has 1 amide bonds. The normalized spacial score (nSPS) is 16.1. The monoisotopic (exact) mass is 383 g/mol. The van der Waals surface area contributed by atoms with Crippen molar-refractivity contribution in [1.82, 2.24) is 4.90 Å². The fraction of sp³-hybridized carbons (Fsp3) is 0.417. The number of halogens is 3. The number of carbonyl (C=O) groups is 1. The van der Waals surface area contributed by atoms with Crippen molar-refractivity contribution in [3.63, 3.8) is 0 Å². The number of benzene rings is 1. The third-order valence-corrected chi connectivity index (χ3v) is 5.27. The van der Waals surface area contributed by atoms with Gasteiger partial charge in [-0.2, -0.15) is 0 Å². The van der Waals surface area contributed by atoms with Crippen molar-refractivity contribution >= 4 is 51.7 Å². The third kappa shape index (κ3) is 3.06. The van der Waals surface area contributed by atoms with Crippen LogP contribution in [0.2, 0.25) is 10.0 Å². The molecule has 17 heavy (non-hydrogen) atoms. The number of hydrogen-bond acceptors (Lipinski definition) is 1. The van der Waals surface area contributed by atoms with Crippen LogP contribution in [0.3, 0.4) is 0 Å². The van der Waals surface area contributed by atoms with Gasteiger partial charge in [-0.1, -0.05) is 23.2 Å². The Bertz CT molecular complexity index is 421. The summed E-state index contributed by atoms with van der Waals surface area (Å²) in [5, 5.41) is 1.08. The Morgan fingerprint density at radius 3 is 2.18 bits per heavy atom. The summed E-state index contributed by atoms with van der Waals surface area (Å²) in [6.07, 6.45) is 3.37. The average molecular weight is 384 g/mol.